The molecule has 4 nitrogen and oxygen atoms in total. The predicted molar refractivity (Wildman–Crippen MR) is 69.2 cm³/mol. The van der Waals surface area contributed by atoms with E-state index in [0.29, 0.717) is 41.7 Å². The summed E-state index contributed by atoms with van der Waals surface area (Å²) in [5.74, 6) is 2.62. The fourth-order valence-electron chi connectivity index (χ4n) is 1.62. The van der Waals surface area contributed by atoms with Crippen LogP contribution in [-0.2, 0) is 0 Å². The van der Waals surface area contributed by atoms with E-state index in [2.05, 4.69) is 0 Å². The number of fused-ring (bicyclic) bond motifs is 1. The topological polar surface area (TPSA) is 61.6 Å². The summed E-state index contributed by atoms with van der Waals surface area (Å²) in [6.07, 6.45) is 0. The number of carbonyl (C=O) groups excluding carboxylic acids is 1. The van der Waals surface area contributed by atoms with Gasteiger partial charge in [-0.2, -0.15) is 11.8 Å². The molecule has 1 aliphatic heterocycles. The van der Waals surface area contributed by atoms with Gasteiger partial charge in [0.15, 0.2) is 17.3 Å². The third-order valence-corrected chi connectivity index (χ3v) is 3.33. The van der Waals surface area contributed by atoms with Crippen LogP contribution in [0, 0.1) is 0 Å². The maximum Gasteiger partial charge on any atom is 0.174 e. The lowest BCUT2D eigenvalue weighted by Gasteiger charge is -2.19. The SMILES string of the molecule is CCSCC(=O)c1cc2c(cc1N)OCCO2. The van der Waals surface area contributed by atoms with Gasteiger partial charge in [-0.1, -0.05) is 6.92 Å². The molecule has 0 atom stereocenters. The van der Waals surface area contributed by atoms with Gasteiger partial charge in [0, 0.05) is 17.3 Å². The van der Waals surface area contributed by atoms with Crippen LogP contribution in [0.4, 0.5) is 5.69 Å². The Morgan fingerprint density at radius 1 is 1.35 bits per heavy atom. The zero-order chi connectivity index (χ0) is 12.3. The molecule has 0 aromatic heterocycles. The maximum atomic E-state index is 11.9. The fourth-order valence-corrected chi connectivity index (χ4v) is 2.16. The van der Waals surface area contributed by atoms with Gasteiger partial charge in [-0.3, -0.25) is 4.79 Å². The molecule has 0 spiro atoms. The summed E-state index contributed by atoms with van der Waals surface area (Å²) < 4.78 is 10.8. The first-order chi connectivity index (χ1) is 8.22. The number of hydrogen-bond acceptors (Lipinski definition) is 5. The summed E-state index contributed by atoms with van der Waals surface area (Å²) >= 11 is 1.58. The smallest absolute Gasteiger partial charge is 0.174 e. The van der Waals surface area contributed by atoms with E-state index in [0.717, 1.165) is 5.75 Å². The van der Waals surface area contributed by atoms with Gasteiger partial charge in [-0.25, -0.2) is 0 Å². The highest BCUT2D eigenvalue weighted by Gasteiger charge is 2.18. The number of rotatable bonds is 4. The van der Waals surface area contributed by atoms with Crippen molar-refractivity contribution in [3.63, 3.8) is 0 Å². The van der Waals surface area contributed by atoms with Crippen LogP contribution in [0.3, 0.4) is 0 Å². The molecule has 2 rings (SSSR count). The molecule has 0 radical (unpaired) electrons. The normalized spacial score (nSPS) is 13.5. The number of benzene rings is 1. The van der Waals surface area contributed by atoms with Gasteiger partial charge < -0.3 is 15.2 Å². The molecule has 0 saturated carbocycles. The number of nitrogens with two attached hydrogens (primary N) is 1. The van der Waals surface area contributed by atoms with Crippen LogP contribution < -0.4 is 15.2 Å². The van der Waals surface area contributed by atoms with Crippen LogP contribution in [0.25, 0.3) is 0 Å². The Labute approximate surface area is 104 Å². The summed E-state index contributed by atoms with van der Waals surface area (Å²) in [6.45, 7) is 3.05. The van der Waals surface area contributed by atoms with Crippen LogP contribution in [0.15, 0.2) is 12.1 Å². The molecule has 17 heavy (non-hydrogen) atoms. The number of Topliss-reactive ketones (excluding diaryl/α,β-unsaturated/α-hetero) is 1. The number of nitrogen functional groups attached to an aromatic ring is 1. The number of ketones is 1. The van der Waals surface area contributed by atoms with E-state index in [4.69, 9.17) is 15.2 Å². The van der Waals surface area contributed by atoms with E-state index < -0.39 is 0 Å². The van der Waals surface area contributed by atoms with Gasteiger partial charge in [0.05, 0.1) is 5.75 Å². The van der Waals surface area contributed by atoms with Crippen molar-refractivity contribution in [1.29, 1.82) is 0 Å². The zero-order valence-electron chi connectivity index (χ0n) is 9.69. The van der Waals surface area contributed by atoms with Crippen LogP contribution in [0.5, 0.6) is 11.5 Å². The Morgan fingerprint density at radius 3 is 2.65 bits per heavy atom. The average Bonchev–Trinajstić information content (AvgIpc) is 2.35. The molecular weight excluding hydrogens is 238 g/mol. The molecule has 0 bridgehead atoms. The minimum Gasteiger partial charge on any atom is -0.486 e. The quantitative estimate of drug-likeness (QED) is 0.656. The third kappa shape index (κ3) is 2.66. The molecule has 5 heteroatoms. The molecule has 92 valence electrons. The summed E-state index contributed by atoms with van der Waals surface area (Å²) in [7, 11) is 0. The summed E-state index contributed by atoms with van der Waals surface area (Å²) in [5.41, 5.74) is 6.83. The number of ether oxygens (including phenoxy) is 2. The van der Waals surface area contributed by atoms with E-state index in [1.165, 1.54) is 0 Å². The van der Waals surface area contributed by atoms with Gasteiger partial charge in [0.2, 0.25) is 0 Å². The lowest BCUT2D eigenvalue weighted by molar-refractivity contribution is 0.102. The largest absolute Gasteiger partial charge is 0.486 e. The van der Waals surface area contributed by atoms with Crippen LogP contribution in [-0.4, -0.2) is 30.5 Å². The Balaban J connectivity index is 2.25. The summed E-state index contributed by atoms with van der Waals surface area (Å²) in [6, 6.07) is 3.35. The molecule has 1 aliphatic rings. The minimum absolute atomic E-state index is 0.0336. The number of carbonyl (C=O) groups is 1. The Bertz CT molecular complexity index is 434. The van der Waals surface area contributed by atoms with Crippen molar-refractivity contribution in [3.05, 3.63) is 17.7 Å². The molecule has 0 unspecified atom stereocenters. The lowest BCUT2D eigenvalue weighted by Crippen LogP contribution is -2.17. The second-order valence-corrected chi connectivity index (χ2v) is 4.92. The fraction of sp³-hybridized carbons (Fsp3) is 0.417. The van der Waals surface area contributed by atoms with Crippen molar-refractivity contribution < 1.29 is 14.3 Å². The highest BCUT2D eigenvalue weighted by molar-refractivity contribution is 7.99. The molecule has 0 fully saturated rings. The van der Waals surface area contributed by atoms with E-state index in [9.17, 15) is 4.79 Å². The number of thioether (sulfide) groups is 1. The van der Waals surface area contributed by atoms with Gasteiger partial charge in [-0.05, 0) is 11.8 Å². The maximum absolute atomic E-state index is 11.9. The zero-order valence-corrected chi connectivity index (χ0v) is 10.5. The number of hydrogen-bond donors (Lipinski definition) is 1. The van der Waals surface area contributed by atoms with Gasteiger partial charge in [0.25, 0.3) is 0 Å². The van der Waals surface area contributed by atoms with Crippen molar-refractivity contribution in [1.82, 2.24) is 0 Å². The van der Waals surface area contributed by atoms with Crippen molar-refractivity contribution >= 4 is 23.2 Å². The predicted octanol–water partition coefficient (Wildman–Crippen LogP) is 1.98. The van der Waals surface area contributed by atoms with Gasteiger partial charge in [-0.15, -0.1) is 0 Å². The second kappa shape index (κ2) is 5.31. The first-order valence-corrected chi connectivity index (χ1v) is 6.68. The first-order valence-electron chi connectivity index (χ1n) is 5.52. The molecular formula is C12H15NO3S. The highest BCUT2D eigenvalue weighted by atomic mass is 32.2. The molecule has 0 aliphatic carbocycles. The van der Waals surface area contributed by atoms with Crippen molar-refractivity contribution in [3.8, 4) is 11.5 Å². The van der Waals surface area contributed by atoms with Crippen LogP contribution in [0.2, 0.25) is 0 Å². The summed E-state index contributed by atoms with van der Waals surface area (Å²) in [4.78, 5) is 11.9. The lowest BCUT2D eigenvalue weighted by atomic mass is 10.1. The first kappa shape index (κ1) is 12.1. The number of anilines is 1. The minimum atomic E-state index is 0.0336. The molecule has 1 aromatic carbocycles. The molecule has 2 N–H and O–H groups in total. The monoisotopic (exact) mass is 253 g/mol. The molecule has 0 amide bonds. The van der Waals surface area contributed by atoms with Crippen molar-refractivity contribution in [2.45, 2.75) is 6.92 Å². The van der Waals surface area contributed by atoms with E-state index in [1.807, 2.05) is 6.92 Å². The highest BCUT2D eigenvalue weighted by Crippen LogP contribution is 2.34. The van der Waals surface area contributed by atoms with E-state index in [1.54, 1.807) is 23.9 Å². The van der Waals surface area contributed by atoms with Crippen LogP contribution in [0.1, 0.15) is 17.3 Å². The van der Waals surface area contributed by atoms with Crippen LogP contribution >= 0.6 is 11.8 Å². The Morgan fingerprint density at radius 2 is 2.00 bits per heavy atom. The Hall–Kier alpha value is -1.36. The third-order valence-electron chi connectivity index (χ3n) is 2.45. The molecule has 1 aromatic rings. The average molecular weight is 253 g/mol. The van der Waals surface area contributed by atoms with Crippen molar-refractivity contribution in [2.75, 3.05) is 30.5 Å². The van der Waals surface area contributed by atoms with Gasteiger partial charge in [0.1, 0.15) is 13.2 Å². The van der Waals surface area contributed by atoms with Crippen molar-refractivity contribution in [2.24, 2.45) is 0 Å². The van der Waals surface area contributed by atoms with Gasteiger partial charge >= 0.3 is 0 Å². The second-order valence-electron chi connectivity index (χ2n) is 3.64. The standard InChI is InChI=1S/C12H15NO3S/c1-2-17-7-10(14)8-5-11-12(6-9(8)13)16-4-3-15-11/h5-6H,2-4,7,13H2,1H3. The molecule has 0 saturated heterocycles. The van der Waals surface area contributed by atoms with E-state index in [-0.39, 0.29) is 5.78 Å². The van der Waals surface area contributed by atoms with E-state index >= 15 is 0 Å². The summed E-state index contributed by atoms with van der Waals surface area (Å²) in [5, 5.41) is 0. The molecule has 1 heterocycles. The Kier molecular flexibility index (Phi) is 3.78.